The highest BCUT2D eigenvalue weighted by Crippen LogP contribution is 2.26. The third kappa shape index (κ3) is 2.58. The molecule has 112 valence electrons. The number of fused-ring (bicyclic) bond motifs is 1. The van der Waals surface area contributed by atoms with Crippen molar-refractivity contribution in [1.29, 1.82) is 0 Å². The topological polar surface area (TPSA) is 77.8 Å². The van der Waals surface area contributed by atoms with E-state index in [0.717, 1.165) is 17.0 Å². The molecule has 1 N–H and O–H groups in total. The third-order valence-corrected chi connectivity index (χ3v) is 4.20. The minimum Gasteiger partial charge on any atom is -0.368 e. The molecule has 0 saturated heterocycles. The average Bonchev–Trinajstić information content (AvgIpc) is 3.22. The fourth-order valence-corrected chi connectivity index (χ4v) is 3.05. The van der Waals surface area contributed by atoms with Crippen molar-refractivity contribution in [2.75, 3.05) is 11.9 Å². The maximum absolute atomic E-state index is 5.91. The van der Waals surface area contributed by atoms with Crippen LogP contribution in [0.1, 0.15) is 5.69 Å². The fourth-order valence-electron chi connectivity index (χ4n) is 2.41. The van der Waals surface area contributed by atoms with Crippen molar-refractivity contribution < 1.29 is 4.74 Å². The lowest BCUT2D eigenvalue weighted by Gasteiger charge is -2.24. The van der Waals surface area contributed by atoms with Gasteiger partial charge in [-0.1, -0.05) is 5.21 Å². The van der Waals surface area contributed by atoms with E-state index in [1.807, 2.05) is 10.1 Å². The molecule has 22 heavy (non-hydrogen) atoms. The van der Waals surface area contributed by atoms with Crippen molar-refractivity contribution in [2.24, 2.45) is 0 Å². The highest BCUT2D eigenvalue weighted by molar-refractivity contribution is 7.08. The predicted octanol–water partition coefficient (Wildman–Crippen LogP) is 1.81. The summed E-state index contributed by atoms with van der Waals surface area (Å²) in [5.74, 6) is 0.606. The lowest BCUT2D eigenvalue weighted by molar-refractivity contribution is 0.00879. The Kier molecular flexibility index (Phi) is 3.53. The van der Waals surface area contributed by atoms with E-state index < -0.39 is 0 Å². The average molecular weight is 314 g/mol. The second-order valence-corrected chi connectivity index (χ2v) is 5.75. The lowest BCUT2D eigenvalue weighted by atomic mass is 10.2. The van der Waals surface area contributed by atoms with Crippen LogP contribution < -0.4 is 5.32 Å². The van der Waals surface area contributed by atoms with Gasteiger partial charge < -0.3 is 10.1 Å². The lowest BCUT2D eigenvalue weighted by Crippen LogP contribution is -2.33. The number of hydrogen-bond donors (Lipinski definition) is 1. The number of hydrogen-bond acceptors (Lipinski definition) is 7. The summed E-state index contributed by atoms with van der Waals surface area (Å²) in [6, 6.07) is 3.84. The van der Waals surface area contributed by atoms with Crippen LogP contribution in [0, 0.1) is 0 Å². The van der Waals surface area contributed by atoms with Gasteiger partial charge in [-0.05, 0) is 17.5 Å². The minimum atomic E-state index is 0.0216. The van der Waals surface area contributed by atoms with Crippen LogP contribution in [-0.4, -0.2) is 37.6 Å². The molecular formula is C14H14N6OS. The van der Waals surface area contributed by atoms with Crippen LogP contribution in [-0.2, 0) is 17.9 Å². The van der Waals surface area contributed by atoms with E-state index in [0.29, 0.717) is 25.6 Å². The van der Waals surface area contributed by atoms with E-state index in [1.165, 1.54) is 0 Å². The number of ether oxygens (including phenoxy) is 1. The van der Waals surface area contributed by atoms with Crippen molar-refractivity contribution in [3.63, 3.8) is 0 Å². The first-order valence-corrected chi connectivity index (χ1v) is 7.92. The van der Waals surface area contributed by atoms with E-state index in [2.05, 4.69) is 37.0 Å². The van der Waals surface area contributed by atoms with Crippen LogP contribution in [0.3, 0.4) is 0 Å². The SMILES string of the molecule is c1cnc(NCC2Cn3nnc(-c4ccsc4)c3CO2)nc1. The minimum absolute atomic E-state index is 0.0216. The van der Waals surface area contributed by atoms with Gasteiger partial charge in [-0.3, -0.25) is 0 Å². The fraction of sp³-hybridized carbons (Fsp3) is 0.286. The second-order valence-electron chi connectivity index (χ2n) is 4.97. The van der Waals surface area contributed by atoms with Gasteiger partial charge in [0.05, 0.1) is 24.9 Å². The van der Waals surface area contributed by atoms with Crippen LogP contribution in [0.15, 0.2) is 35.3 Å². The molecule has 8 heteroatoms. The van der Waals surface area contributed by atoms with Crippen molar-refractivity contribution in [3.05, 3.63) is 41.0 Å². The first kappa shape index (κ1) is 13.4. The largest absolute Gasteiger partial charge is 0.368 e. The first-order valence-electron chi connectivity index (χ1n) is 6.97. The van der Waals surface area contributed by atoms with E-state index in [9.17, 15) is 0 Å². The van der Waals surface area contributed by atoms with E-state index in [1.54, 1.807) is 29.8 Å². The van der Waals surface area contributed by atoms with Gasteiger partial charge in [0, 0.05) is 29.9 Å². The maximum Gasteiger partial charge on any atom is 0.222 e. The van der Waals surface area contributed by atoms with Crippen molar-refractivity contribution in [2.45, 2.75) is 19.3 Å². The third-order valence-electron chi connectivity index (χ3n) is 3.52. The highest BCUT2D eigenvalue weighted by Gasteiger charge is 2.24. The number of thiophene rings is 1. The zero-order valence-electron chi connectivity index (χ0n) is 11.7. The quantitative estimate of drug-likeness (QED) is 0.791. The number of anilines is 1. The Hall–Kier alpha value is -2.32. The Labute approximate surface area is 131 Å². The molecule has 0 spiro atoms. The summed E-state index contributed by atoms with van der Waals surface area (Å²) in [5.41, 5.74) is 3.05. The Morgan fingerprint density at radius 2 is 2.27 bits per heavy atom. The number of aromatic nitrogens is 5. The predicted molar refractivity (Wildman–Crippen MR) is 82.4 cm³/mol. The number of nitrogens with one attached hydrogen (secondary N) is 1. The Bertz CT molecular complexity index is 742. The zero-order valence-corrected chi connectivity index (χ0v) is 12.5. The highest BCUT2D eigenvalue weighted by atomic mass is 32.1. The molecule has 0 bridgehead atoms. The Morgan fingerprint density at radius 1 is 1.36 bits per heavy atom. The van der Waals surface area contributed by atoms with E-state index in [4.69, 9.17) is 4.74 Å². The van der Waals surface area contributed by atoms with Crippen molar-refractivity contribution in [1.82, 2.24) is 25.0 Å². The van der Waals surface area contributed by atoms with Crippen molar-refractivity contribution in [3.8, 4) is 11.3 Å². The van der Waals surface area contributed by atoms with Gasteiger partial charge in [0.2, 0.25) is 5.95 Å². The molecule has 1 atom stereocenters. The molecule has 3 aromatic rings. The second kappa shape index (κ2) is 5.82. The van der Waals surface area contributed by atoms with Gasteiger partial charge in [0.1, 0.15) is 5.69 Å². The van der Waals surface area contributed by atoms with Crippen LogP contribution in [0.2, 0.25) is 0 Å². The van der Waals surface area contributed by atoms with Crippen LogP contribution in [0.5, 0.6) is 0 Å². The number of nitrogens with zero attached hydrogens (tertiary/aromatic N) is 5. The van der Waals surface area contributed by atoms with Crippen LogP contribution in [0.25, 0.3) is 11.3 Å². The molecule has 1 unspecified atom stereocenters. The first-order chi connectivity index (χ1) is 10.9. The van der Waals surface area contributed by atoms with Gasteiger partial charge in [-0.2, -0.15) is 11.3 Å². The summed E-state index contributed by atoms with van der Waals surface area (Å²) >= 11 is 1.65. The monoisotopic (exact) mass is 314 g/mol. The molecular weight excluding hydrogens is 300 g/mol. The molecule has 0 radical (unpaired) electrons. The maximum atomic E-state index is 5.91. The summed E-state index contributed by atoms with van der Waals surface area (Å²) in [4.78, 5) is 8.27. The van der Waals surface area contributed by atoms with E-state index in [-0.39, 0.29) is 6.10 Å². The molecule has 1 aliphatic heterocycles. The zero-order chi connectivity index (χ0) is 14.8. The van der Waals surface area contributed by atoms with Gasteiger partial charge in [-0.25, -0.2) is 14.6 Å². The van der Waals surface area contributed by atoms with Gasteiger partial charge in [-0.15, -0.1) is 5.10 Å². The standard InChI is InChI=1S/C14H14N6OS/c1-3-15-14(16-4-1)17-6-11-7-20-12(8-21-11)13(18-19-20)10-2-5-22-9-10/h1-5,9,11H,6-8H2,(H,15,16,17). The molecule has 0 aliphatic carbocycles. The summed E-state index contributed by atoms with van der Waals surface area (Å²) in [7, 11) is 0. The van der Waals surface area contributed by atoms with Gasteiger partial charge >= 0.3 is 0 Å². The van der Waals surface area contributed by atoms with E-state index >= 15 is 0 Å². The molecule has 1 aliphatic rings. The summed E-state index contributed by atoms with van der Waals surface area (Å²) < 4.78 is 7.83. The molecule has 0 amide bonds. The summed E-state index contributed by atoms with van der Waals surface area (Å²) in [6.07, 6.45) is 3.44. The Morgan fingerprint density at radius 3 is 3.09 bits per heavy atom. The summed E-state index contributed by atoms with van der Waals surface area (Å²) in [6.45, 7) is 1.82. The molecule has 4 heterocycles. The smallest absolute Gasteiger partial charge is 0.222 e. The molecule has 0 aromatic carbocycles. The van der Waals surface area contributed by atoms with Gasteiger partial charge in [0.25, 0.3) is 0 Å². The number of rotatable bonds is 4. The van der Waals surface area contributed by atoms with Gasteiger partial charge in [0.15, 0.2) is 0 Å². The normalized spacial score (nSPS) is 17.2. The molecule has 4 rings (SSSR count). The van der Waals surface area contributed by atoms with Crippen LogP contribution >= 0.6 is 11.3 Å². The molecule has 0 saturated carbocycles. The molecule has 0 fully saturated rings. The molecule has 7 nitrogen and oxygen atoms in total. The summed E-state index contributed by atoms with van der Waals surface area (Å²) in [5, 5.41) is 15.8. The van der Waals surface area contributed by atoms with Crippen molar-refractivity contribution >= 4 is 17.3 Å². The molecule has 3 aromatic heterocycles. The van der Waals surface area contributed by atoms with Crippen LogP contribution in [0.4, 0.5) is 5.95 Å². The Balaban J connectivity index is 1.44.